The Morgan fingerprint density at radius 1 is 1.38 bits per heavy atom. The van der Waals surface area contributed by atoms with Gasteiger partial charge < -0.3 is 5.21 Å². The lowest BCUT2D eigenvalue weighted by atomic mass is 9.99. The molecule has 0 saturated heterocycles. The Hall–Kier alpha value is -0.530. The molecule has 1 N–H and O–H groups in total. The van der Waals surface area contributed by atoms with Crippen molar-refractivity contribution >= 4 is 5.71 Å². The molecule has 1 saturated carbocycles. The molecule has 0 aromatic heterocycles. The summed E-state index contributed by atoms with van der Waals surface area (Å²) in [6, 6.07) is 0. The van der Waals surface area contributed by atoms with Crippen molar-refractivity contribution in [3.05, 3.63) is 0 Å². The van der Waals surface area contributed by atoms with Gasteiger partial charge in [0.15, 0.2) is 0 Å². The summed E-state index contributed by atoms with van der Waals surface area (Å²) in [6.45, 7) is 0. The van der Waals surface area contributed by atoms with Crippen LogP contribution in [-0.4, -0.2) is 10.9 Å². The zero-order valence-electron chi connectivity index (χ0n) is 13.9. The molecule has 0 aromatic carbocycles. The van der Waals surface area contributed by atoms with Crippen LogP contribution >= 0.6 is 0 Å². The number of rotatable bonds is 0. The molecule has 0 atom stereocenters. The second-order valence-corrected chi connectivity index (χ2v) is 1.07. The monoisotopic (exact) mass is 123 g/mol. The lowest BCUT2D eigenvalue weighted by Gasteiger charge is -2.08. The SMILES string of the molecule is [2H]C1([2H])C(=NO)C([2H])([2H])C([2H])([2H])C([2H])([2H])C1([2H])[2H]. The van der Waals surface area contributed by atoms with Crippen molar-refractivity contribution in [3.8, 4) is 0 Å². The summed E-state index contributed by atoms with van der Waals surface area (Å²) in [5.41, 5.74) is -1.40. The highest BCUT2D eigenvalue weighted by Crippen LogP contribution is 2.13. The Bertz CT molecular complexity index is 367. The molecule has 0 amide bonds. The van der Waals surface area contributed by atoms with Gasteiger partial charge in [0.05, 0.1) is 5.71 Å². The summed E-state index contributed by atoms with van der Waals surface area (Å²) in [5, 5.41) is 11.0. The van der Waals surface area contributed by atoms with Gasteiger partial charge in [0.25, 0.3) is 0 Å². The first-order chi connectivity index (χ1) is 7.69. The van der Waals surface area contributed by atoms with E-state index in [2.05, 4.69) is 5.16 Å². The van der Waals surface area contributed by atoms with Crippen molar-refractivity contribution in [1.82, 2.24) is 0 Å². The number of hydrogen-bond donors (Lipinski definition) is 1. The first-order valence-electron chi connectivity index (χ1n) is 6.92. The van der Waals surface area contributed by atoms with Gasteiger partial charge in [0, 0.05) is 13.7 Å². The Morgan fingerprint density at radius 2 is 2.00 bits per heavy atom. The van der Waals surface area contributed by atoms with E-state index in [0.29, 0.717) is 0 Å². The van der Waals surface area contributed by atoms with Crippen LogP contribution in [-0.2, 0) is 0 Å². The van der Waals surface area contributed by atoms with Crippen LogP contribution in [0.2, 0.25) is 0 Å². The fourth-order valence-corrected chi connectivity index (χ4v) is 0.293. The van der Waals surface area contributed by atoms with Crippen LogP contribution in [0.15, 0.2) is 5.16 Å². The van der Waals surface area contributed by atoms with E-state index in [0.717, 1.165) is 0 Å². The maximum atomic E-state index is 8.65. The van der Waals surface area contributed by atoms with E-state index < -0.39 is 37.6 Å². The summed E-state index contributed by atoms with van der Waals surface area (Å²) < 4.78 is 74.2. The fourth-order valence-electron chi connectivity index (χ4n) is 0.293. The Kier molecular flexibility index (Phi) is 0.346. The summed E-state index contributed by atoms with van der Waals surface area (Å²) in [5.74, 6) is 0. The lowest BCUT2D eigenvalue weighted by Crippen LogP contribution is -2.03. The van der Waals surface area contributed by atoms with Gasteiger partial charge in [-0.25, -0.2) is 0 Å². The highest BCUT2D eigenvalue weighted by Gasteiger charge is 2.05. The van der Waals surface area contributed by atoms with Crippen LogP contribution in [0.1, 0.15) is 45.6 Å². The molecule has 0 unspecified atom stereocenters. The lowest BCUT2D eigenvalue weighted by molar-refractivity contribution is 0.314. The minimum atomic E-state index is -3.46. The first kappa shape index (κ1) is 1.02. The van der Waals surface area contributed by atoms with Crippen LogP contribution < -0.4 is 0 Å². The smallest absolute Gasteiger partial charge is 0.0570 e. The highest BCUT2D eigenvalue weighted by molar-refractivity contribution is 5.84. The predicted octanol–water partition coefficient (Wildman–Crippen LogP) is 1.78. The quantitative estimate of drug-likeness (QED) is 0.386. The maximum absolute atomic E-state index is 8.65. The van der Waals surface area contributed by atoms with Crippen LogP contribution in [0.5, 0.6) is 0 Å². The van der Waals surface area contributed by atoms with Gasteiger partial charge in [-0.15, -0.1) is 0 Å². The molecule has 0 aromatic rings. The summed E-state index contributed by atoms with van der Waals surface area (Å²) in [6.07, 6.45) is -16.9. The van der Waals surface area contributed by atoms with E-state index >= 15 is 0 Å². The summed E-state index contributed by atoms with van der Waals surface area (Å²) in [4.78, 5) is 0. The van der Waals surface area contributed by atoms with E-state index in [-0.39, 0.29) is 0 Å². The second kappa shape index (κ2) is 2.70. The number of hydrogen-bond acceptors (Lipinski definition) is 2. The largest absolute Gasteiger partial charge is 0.411 e. The van der Waals surface area contributed by atoms with Crippen molar-refractivity contribution in [2.24, 2.45) is 5.16 Å². The minimum absolute atomic E-state index is 1.40. The van der Waals surface area contributed by atoms with Gasteiger partial charge in [-0.3, -0.25) is 0 Å². The molecule has 46 valence electrons. The van der Waals surface area contributed by atoms with E-state index in [1.54, 1.807) is 0 Å². The zero-order valence-corrected chi connectivity index (χ0v) is 3.89. The van der Waals surface area contributed by atoms with E-state index in [9.17, 15) is 0 Å². The average Bonchev–Trinajstić information content (AvgIpc) is 2.15. The number of nitrogens with zero attached hydrogens (tertiary/aromatic N) is 1. The van der Waals surface area contributed by atoms with Gasteiger partial charge in [-0.2, -0.15) is 0 Å². The van der Waals surface area contributed by atoms with Crippen molar-refractivity contribution in [3.63, 3.8) is 0 Å². The predicted molar refractivity (Wildman–Crippen MR) is 32.3 cm³/mol. The Labute approximate surface area is 63.3 Å². The number of oxime groups is 1. The molecule has 0 spiro atoms. The second-order valence-electron chi connectivity index (χ2n) is 1.07. The third-order valence-corrected chi connectivity index (χ3v) is 0.587. The molecule has 1 rings (SSSR count). The van der Waals surface area contributed by atoms with Crippen molar-refractivity contribution in [2.75, 3.05) is 0 Å². The molecule has 0 radical (unpaired) electrons. The normalized spacial score (nSPS) is 70.8. The fraction of sp³-hybridized carbons (Fsp3) is 0.833. The van der Waals surface area contributed by atoms with Gasteiger partial charge in [0.1, 0.15) is 0 Å². The minimum Gasteiger partial charge on any atom is -0.411 e. The van der Waals surface area contributed by atoms with Crippen LogP contribution in [0.25, 0.3) is 0 Å². The van der Waals surface area contributed by atoms with Gasteiger partial charge >= 0.3 is 0 Å². The standard InChI is InChI=1S/C6H11NO/c8-7-6-4-2-1-3-5-6/h8H,1-5H2/i1D2,2D2,3D2,4D2,5D2. The van der Waals surface area contributed by atoms with Gasteiger partial charge in [-0.1, -0.05) is 11.5 Å². The summed E-state index contributed by atoms with van der Waals surface area (Å²) >= 11 is 0. The molecule has 1 aliphatic carbocycles. The molecule has 0 aliphatic heterocycles. The molecule has 2 heteroatoms. The van der Waals surface area contributed by atoms with Crippen LogP contribution in [0.4, 0.5) is 0 Å². The summed E-state index contributed by atoms with van der Waals surface area (Å²) in [7, 11) is 0. The van der Waals surface area contributed by atoms with Crippen molar-refractivity contribution < 1.29 is 18.9 Å². The maximum Gasteiger partial charge on any atom is 0.0570 e. The molecular formula is C6H11NO. The van der Waals surface area contributed by atoms with Gasteiger partial charge in [0.2, 0.25) is 0 Å². The third kappa shape index (κ3) is 1.22. The molecule has 0 heterocycles. The third-order valence-electron chi connectivity index (χ3n) is 0.587. The molecule has 0 bridgehead atoms. The topological polar surface area (TPSA) is 32.6 Å². The van der Waals surface area contributed by atoms with Crippen molar-refractivity contribution in [1.29, 1.82) is 0 Å². The Morgan fingerprint density at radius 3 is 2.50 bits per heavy atom. The zero-order chi connectivity index (χ0) is 14.8. The molecular weight excluding hydrogens is 102 g/mol. The first-order valence-corrected chi connectivity index (χ1v) is 1.92. The molecule has 1 fully saturated rings. The average molecular weight is 123 g/mol. The van der Waals surface area contributed by atoms with Crippen LogP contribution in [0.3, 0.4) is 0 Å². The van der Waals surface area contributed by atoms with E-state index in [4.69, 9.17) is 18.9 Å². The van der Waals surface area contributed by atoms with E-state index in [1.807, 2.05) is 0 Å². The Balaban J connectivity index is 3.71. The van der Waals surface area contributed by atoms with Gasteiger partial charge in [-0.05, 0) is 25.5 Å². The van der Waals surface area contributed by atoms with Crippen LogP contribution in [0, 0.1) is 0 Å². The molecule has 2 nitrogen and oxygen atoms in total. The van der Waals surface area contributed by atoms with Crippen molar-refractivity contribution in [2.45, 2.75) is 31.9 Å². The highest BCUT2D eigenvalue weighted by atomic mass is 16.4. The van der Waals surface area contributed by atoms with E-state index in [1.165, 1.54) is 0 Å². The molecule has 8 heavy (non-hydrogen) atoms. The molecule has 1 aliphatic rings.